The van der Waals surface area contributed by atoms with Crippen LogP contribution in [-0.4, -0.2) is 10.9 Å². The number of hydrogen-bond donors (Lipinski definition) is 1. The highest BCUT2D eigenvalue weighted by atomic mass is 16.3. The number of hydrogen-bond acceptors (Lipinski definition) is 2. The molecule has 19 heavy (non-hydrogen) atoms. The zero-order chi connectivity index (χ0) is 13.6. The van der Waals surface area contributed by atoms with E-state index < -0.39 is 5.60 Å². The number of carbonyl (C=O) groups excluding carboxylic acids is 1. The molecule has 2 aromatic rings. The van der Waals surface area contributed by atoms with Gasteiger partial charge < -0.3 is 5.11 Å². The second kappa shape index (κ2) is 4.04. The first-order valence-electron chi connectivity index (χ1n) is 6.53. The van der Waals surface area contributed by atoms with Crippen molar-refractivity contribution in [2.75, 3.05) is 0 Å². The monoisotopic (exact) mass is 252 g/mol. The van der Waals surface area contributed by atoms with Gasteiger partial charge in [-0.05, 0) is 22.6 Å². The van der Waals surface area contributed by atoms with Crippen LogP contribution in [0.3, 0.4) is 0 Å². The number of ketones is 1. The Morgan fingerprint density at radius 3 is 2.05 bits per heavy atom. The molecule has 1 aliphatic rings. The van der Waals surface area contributed by atoms with Crippen LogP contribution in [0.2, 0.25) is 0 Å². The fraction of sp³-hybridized carbons (Fsp3) is 0.235. The standard InChI is InChI=1S/C17H16O2/c1-11(2)17(19)15-10-6-5-8-13(15)12-7-3-4-9-14(12)16(17)18/h3-11,19H,1-2H3/t17-/m0/s1. The second-order valence-corrected chi connectivity index (χ2v) is 5.34. The quantitative estimate of drug-likeness (QED) is 0.844. The molecule has 0 aliphatic heterocycles. The first kappa shape index (κ1) is 12.1. The summed E-state index contributed by atoms with van der Waals surface area (Å²) in [6.45, 7) is 3.76. The molecular formula is C17H16O2. The van der Waals surface area contributed by atoms with Crippen LogP contribution in [0.1, 0.15) is 29.8 Å². The van der Waals surface area contributed by atoms with Gasteiger partial charge in [-0.3, -0.25) is 4.79 Å². The number of Topliss-reactive ketones (excluding diaryl/α,β-unsaturated/α-hetero) is 1. The number of aliphatic hydroxyl groups is 1. The van der Waals surface area contributed by atoms with E-state index in [2.05, 4.69) is 0 Å². The van der Waals surface area contributed by atoms with Crippen molar-refractivity contribution < 1.29 is 9.90 Å². The summed E-state index contributed by atoms with van der Waals surface area (Å²) in [6.07, 6.45) is 0. The fourth-order valence-electron chi connectivity index (χ4n) is 2.87. The molecule has 0 aromatic heterocycles. The third-order valence-electron chi connectivity index (χ3n) is 3.98. The molecule has 0 saturated heterocycles. The summed E-state index contributed by atoms with van der Waals surface area (Å²) in [5.74, 6) is -0.369. The maximum atomic E-state index is 12.7. The molecule has 0 unspecified atom stereocenters. The van der Waals surface area contributed by atoms with E-state index in [4.69, 9.17) is 0 Å². The maximum Gasteiger partial charge on any atom is 0.199 e. The Hall–Kier alpha value is -1.93. The summed E-state index contributed by atoms with van der Waals surface area (Å²) in [6, 6.07) is 15.1. The Kier molecular flexibility index (Phi) is 2.58. The van der Waals surface area contributed by atoms with E-state index in [1.807, 2.05) is 56.3 Å². The fourth-order valence-corrected chi connectivity index (χ4v) is 2.87. The van der Waals surface area contributed by atoms with Crippen LogP contribution >= 0.6 is 0 Å². The van der Waals surface area contributed by atoms with Crippen molar-refractivity contribution in [3.05, 3.63) is 59.7 Å². The molecule has 1 N–H and O–H groups in total. The lowest BCUT2D eigenvalue weighted by atomic mass is 9.70. The lowest BCUT2D eigenvalue weighted by Gasteiger charge is -2.37. The molecule has 2 aromatic carbocycles. The van der Waals surface area contributed by atoms with Crippen LogP contribution in [0.4, 0.5) is 0 Å². The van der Waals surface area contributed by atoms with E-state index in [-0.39, 0.29) is 11.7 Å². The number of benzene rings is 2. The van der Waals surface area contributed by atoms with Crippen molar-refractivity contribution in [1.82, 2.24) is 0 Å². The number of rotatable bonds is 1. The Labute approximate surface area is 112 Å². The van der Waals surface area contributed by atoms with Crippen molar-refractivity contribution in [3.63, 3.8) is 0 Å². The Bertz CT molecular complexity index is 658. The molecule has 0 fully saturated rings. The molecule has 2 nitrogen and oxygen atoms in total. The van der Waals surface area contributed by atoms with Gasteiger partial charge in [0.1, 0.15) is 0 Å². The minimum Gasteiger partial charge on any atom is -0.377 e. The zero-order valence-electron chi connectivity index (χ0n) is 11.1. The molecule has 0 bridgehead atoms. The van der Waals surface area contributed by atoms with Gasteiger partial charge in [0.15, 0.2) is 11.4 Å². The van der Waals surface area contributed by atoms with Crippen LogP contribution in [-0.2, 0) is 5.60 Å². The van der Waals surface area contributed by atoms with E-state index >= 15 is 0 Å². The van der Waals surface area contributed by atoms with Crippen molar-refractivity contribution in [2.24, 2.45) is 5.92 Å². The van der Waals surface area contributed by atoms with E-state index in [1.54, 1.807) is 6.07 Å². The van der Waals surface area contributed by atoms with Gasteiger partial charge in [-0.2, -0.15) is 0 Å². The van der Waals surface area contributed by atoms with Gasteiger partial charge in [-0.1, -0.05) is 62.4 Å². The molecule has 1 aliphatic carbocycles. The van der Waals surface area contributed by atoms with Gasteiger partial charge in [0.05, 0.1) is 0 Å². The Morgan fingerprint density at radius 1 is 0.895 bits per heavy atom. The largest absolute Gasteiger partial charge is 0.377 e. The third kappa shape index (κ3) is 1.50. The minimum atomic E-state index is -1.43. The van der Waals surface area contributed by atoms with Crippen LogP contribution in [0, 0.1) is 5.92 Å². The van der Waals surface area contributed by atoms with Crippen LogP contribution < -0.4 is 0 Å². The van der Waals surface area contributed by atoms with Gasteiger partial charge in [0, 0.05) is 5.56 Å². The average molecular weight is 252 g/mol. The van der Waals surface area contributed by atoms with E-state index in [1.165, 1.54) is 0 Å². The number of carbonyl (C=O) groups is 1. The maximum absolute atomic E-state index is 12.7. The molecule has 2 heteroatoms. The normalized spacial score (nSPS) is 21.2. The Morgan fingerprint density at radius 2 is 1.42 bits per heavy atom. The second-order valence-electron chi connectivity index (χ2n) is 5.34. The summed E-state index contributed by atoms with van der Waals surface area (Å²) >= 11 is 0. The number of fused-ring (bicyclic) bond motifs is 3. The topological polar surface area (TPSA) is 37.3 Å². The lowest BCUT2D eigenvalue weighted by molar-refractivity contribution is 0.00257. The van der Waals surface area contributed by atoms with Gasteiger partial charge in [-0.15, -0.1) is 0 Å². The van der Waals surface area contributed by atoms with Crippen LogP contribution in [0.5, 0.6) is 0 Å². The summed E-state index contributed by atoms with van der Waals surface area (Å²) in [7, 11) is 0. The van der Waals surface area contributed by atoms with Crippen molar-refractivity contribution in [2.45, 2.75) is 19.4 Å². The molecule has 0 saturated carbocycles. The highest BCUT2D eigenvalue weighted by Crippen LogP contribution is 2.45. The first-order chi connectivity index (χ1) is 9.06. The lowest BCUT2D eigenvalue weighted by Crippen LogP contribution is -2.43. The van der Waals surface area contributed by atoms with E-state index in [0.29, 0.717) is 11.1 Å². The molecule has 1 atom stereocenters. The van der Waals surface area contributed by atoms with Crippen molar-refractivity contribution in [1.29, 1.82) is 0 Å². The smallest absolute Gasteiger partial charge is 0.199 e. The van der Waals surface area contributed by atoms with Crippen molar-refractivity contribution >= 4 is 5.78 Å². The van der Waals surface area contributed by atoms with Gasteiger partial charge >= 0.3 is 0 Å². The van der Waals surface area contributed by atoms with E-state index in [9.17, 15) is 9.90 Å². The SMILES string of the molecule is CC(C)[C@@]1(O)C(=O)c2ccccc2-c2ccccc21. The molecule has 96 valence electrons. The molecular weight excluding hydrogens is 236 g/mol. The first-order valence-corrected chi connectivity index (χ1v) is 6.53. The summed E-state index contributed by atoms with van der Waals surface area (Å²) in [5.41, 5.74) is 1.76. The molecule has 0 heterocycles. The van der Waals surface area contributed by atoms with Gasteiger partial charge in [-0.25, -0.2) is 0 Å². The van der Waals surface area contributed by atoms with Gasteiger partial charge in [0.2, 0.25) is 0 Å². The highest BCUT2D eigenvalue weighted by molar-refractivity contribution is 6.11. The Balaban J connectivity index is 2.39. The van der Waals surface area contributed by atoms with Crippen LogP contribution in [0.15, 0.2) is 48.5 Å². The molecule has 0 spiro atoms. The summed E-state index contributed by atoms with van der Waals surface area (Å²) in [4.78, 5) is 12.7. The molecule has 3 rings (SSSR count). The molecule has 0 radical (unpaired) electrons. The van der Waals surface area contributed by atoms with Crippen LogP contribution in [0.25, 0.3) is 11.1 Å². The van der Waals surface area contributed by atoms with Crippen molar-refractivity contribution in [3.8, 4) is 11.1 Å². The minimum absolute atomic E-state index is 0.172. The highest BCUT2D eigenvalue weighted by Gasteiger charge is 2.46. The predicted octanol–water partition coefficient (Wildman–Crippen LogP) is 3.39. The predicted molar refractivity (Wildman–Crippen MR) is 74.9 cm³/mol. The summed E-state index contributed by atoms with van der Waals surface area (Å²) < 4.78 is 0. The van der Waals surface area contributed by atoms with Gasteiger partial charge in [0.25, 0.3) is 0 Å². The third-order valence-corrected chi connectivity index (χ3v) is 3.98. The summed E-state index contributed by atoms with van der Waals surface area (Å²) in [5, 5.41) is 11.0. The zero-order valence-corrected chi connectivity index (χ0v) is 11.1. The van der Waals surface area contributed by atoms with E-state index in [0.717, 1.165) is 11.1 Å². The molecule has 0 amide bonds. The average Bonchev–Trinajstić information content (AvgIpc) is 2.44.